The van der Waals surface area contributed by atoms with E-state index in [1.165, 1.54) is 0 Å². The second kappa shape index (κ2) is 6.34. The van der Waals surface area contributed by atoms with Crippen molar-refractivity contribution in [3.05, 3.63) is 40.3 Å². The van der Waals surface area contributed by atoms with Crippen LogP contribution < -0.4 is 10.9 Å². The molecule has 1 atom stereocenters. The highest BCUT2D eigenvalue weighted by Crippen LogP contribution is 2.07. The summed E-state index contributed by atoms with van der Waals surface area (Å²) in [6, 6.07) is 7.57. The van der Waals surface area contributed by atoms with Gasteiger partial charge in [-0.05, 0) is 19.2 Å². The van der Waals surface area contributed by atoms with E-state index in [0.717, 1.165) is 37.3 Å². The van der Waals surface area contributed by atoms with E-state index in [-0.39, 0.29) is 11.7 Å². The summed E-state index contributed by atoms with van der Waals surface area (Å²) in [6.45, 7) is 3.80. The van der Waals surface area contributed by atoms with Crippen LogP contribution in [0.15, 0.2) is 29.1 Å². The van der Waals surface area contributed by atoms with Gasteiger partial charge in [-0.15, -0.1) is 0 Å². The smallest absolute Gasteiger partial charge is 0.271 e. The van der Waals surface area contributed by atoms with Gasteiger partial charge in [0.2, 0.25) is 0 Å². The van der Waals surface area contributed by atoms with Crippen LogP contribution in [0.2, 0.25) is 0 Å². The number of para-hydroxylation sites is 2. The molecule has 1 fully saturated rings. The predicted octanol–water partition coefficient (Wildman–Crippen LogP) is 0.343. The lowest BCUT2D eigenvalue weighted by Crippen LogP contribution is -2.44. The fraction of sp³-hybridized carbons (Fsp3) is 0.467. The van der Waals surface area contributed by atoms with E-state index in [1.54, 1.807) is 0 Å². The summed E-state index contributed by atoms with van der Waals surface area (Å²) in [7, 11) is 1.98. The normalized spacial score (nSPS) is 19.2. The van der Waals surface area contributed by atoms with Gasteiger partial charge in [-0.3, -0.25) is 9.69 Å². The topological polar surface area (TPSA) is 70.2 Å². The molecule has 2 aromatic rings. The van der Waals surface area contributed by atoms with Gasteiger partial charge < -0.3 is 15.0 Å². The third-order valence-corrected chi connectivity index (χ3v) is 3.61. The number of morpholine rings is 1. The van der Waals surface area contributed by atoms with Crippen molar-refractivity contribution >= 4 is 11.0 Å². The molecule has 21 heavy (non-hydrogen) atoms. The number of aromatic nitrogens is 2. The Balaban J connectivity index is 1.71. The number of H-pyrrole nitrogens is 1. The SMILES string of the molecule is CN(Cc1nc2ccccc2[nH]c1=O)CC1CNCCO1. The molecule has 1 aromatic carbocycles. The first-order valence-electron chi connectivity index (χ1n) is 7.21. The molecule has 1 aliphatic heterocycles. The minimum atomic E-state index is -0.122. The molecule has 0 aliphatic carbocycles. The summed E-state index contributed by atoms with van der Waals surface area (Å²) in [5.74, 6) is 0. The van der Waals surface area contributed by atoms with Crippen LogP contribution in [-0.4, -0.2) is 54.3 Å². The molecular weight excluding hydrogens is 268 g/mol. The Hall–Kier alpha value is -1.76. The lowest BCUT2D eigenvalue weighted by atomic mass is 10.2. The standard InChI is InChI=1S/C15H20N4O2/c1-19(9-11-8-16-6-7-21-11)10-14-15(20)18-13-5-3-2-4-12(13)17-14/h2-5,11,16H,6-10H2,1H3,(H,18,20). The molecule has 112 valence electrons. The summed E-state index contributed by atoms with van der Waals surface area (Å²) in [5, 5.41) is 3.30. The zero-order valence-corrected chi connectivity index (χ0v) is 12.1. The second-order valence-electron chi connectivity index (χ2n) is 5.42. The highest BCUT2D eigenvalue weighted by molar-refractivity contribution is 5.73. The molecule has 0 spiro atoms. The minimum absolute atomic E-state index is 0.122. The van der Waals surface area contributed by atoms with Gasteiger partial charge in [0.05, 0.1) is 23.7 Å². The Morgan fingerprint density at radius 3 is 3.10 bits per heavy atom. The lowest BCUT2D eigenvalue weighted by Gasteiger charge is -2.27. The predicted molar refractivity (Wildman–Crippen MR) is 81.3 cm³/mol. The van der Waals surface area contributed by atoms with Gasteiger partial charge in [0.25, 0.3) is 5.56 Å². The monoisotopic (exact) mass is 288 g/mol. The van der Waals surface area contributed by atoms with E-state index in [9.17, 15) is 4.79 Å². The number of likely N-dealkylation sites (N-methyl/N-ethyl adjacent to an activating group) is 1. The van der Waals surface area contributed by atoms with E-state index in [4.69, 9.17) is 4.74 Å². The van der Waals surface area contributed by atoms with Crippen molar-refractivity contribution < 1.29 is 4.74 Å². The largest absolute Gasteiger partial charge is 0.374 e. The average molecular weight is 288 g/mol. The van der Waals surface area contributed by atoms with Crippen LogP contribution >= 0.6 is 0 Å². The number of hydrogen-bond acceptors (Lipinski definition) is 5. The van der Waals surface area contributed by atoms with Crippen LogP contribution in [0.25, 0.3) is 11.0 Å². The van der Waals surface area contributed by atoms with Crippen LogP contribution in [-0.2, 0) is 11.3 Å². The van der Waals surface area contributed by atoms with Crippen molar-refractivity contribution in [1.82, 2.24) is 20.2 Å². The number of hydrogen-bond donors (Lipinski definition) is 2. The first-order chi connectivity index (χ1) is 10.2. The average Bonchev–Trinajstić information content (AvgIpc) is 2.49. The number of aromatic amines is 1. The van der Waals surface area contributed by atoms with Gasteiger partial charge in [0.15, 0.2) is 0 Å². The van der Waals surface area contributed by atoms with E-state index in [1.807, 2.05) is 31.3 Å². The van der Waals surface area contributed by atoms with E-state index >= 15 is 0 Å². The molecule has 0 saturated carbocycles. The van der Waals surface area contributed by atoms with Crippen LogP contribution in [0.4, 0.5) is 0 Å². The number of nitrogens with one attached hydrogen (secondary N) is 2. The molecule has 1 aromatic heterocycles. The Bertz CT molecular complexity index is 664. The van der Waals surface area contributed by atoms with Gasteiger partial charge in [-0.2, -0.15) is 0 Å². The highest BCUT2D eigenvalue weighted by atomic mass is 16.5. The maximum Gasteiger partial charge on any atom is 0.271 e. The van der Waals surface area contributed by atoms with Crippen molar-refractivity contribution in [1.29, 1.82) is 0 Å². The molecule has 0 radical (unpaired) electrons. The minimum Gasteiger partial charge on any atom is -0.374 e. The van der Waals surface area contributed by atoms with Gasteiger partial charge in [0, 0.05) is 26.2 Å². The molecule has 0 amide bonds. The summed E-state index contributed by atoms with van der Waals surface area (Å²) in [5.41, 5.74) is 2.01. The quantitative estimate of drug-likeness (QED) is 0.849. The maximum absolute atomic E-state index is 12.1. The van der Waals surface area contributed by atoms with Gasteiger partial charge in [-0.1, -0.05) is 12.1 Å². The molecule has 3 rings (SSSR count). The summed E-state index contributed by atoms with van der Waals surface area (Å²) < 4.78 is 5.68. The fourth-order valence-corrected chi connectivity index (χ4v) is 2.58. The number of benzene rings is 1. The number of nitrogens with zero attached hydrogens (tertiary/aromatic N) is 2. The fourth-order valence-electron chi connectivity index (χ4n) is 2.58. The van der Waals surface area contributed by atoms with Crippen molar-refractivity contribution in [2.75, 3.05) is 33.3 Å². The lowest BCUT2D eigenvalue weighted by molar-refractivity contribution is 0.00863. The Morgan fingerprint density at radius 2 is 2.29 bits per heavy atom. The Kier molecular flexibility index (Phi) is 4.28. The van der Waals surface area contributed by atoms with Crippen molar-refractivity contribution in [2.45, 2.75) is 12.6 Å². The van der Waals surface area contributed by atoms with Crippen molar-refractivity contribution in [3.8, 4) is 0 Å². The van der Waals surface area contributed by atoms with E-state index < -0.39 is 0 Å². The van der Waals surface area contributed by atoms with Crippen LogP contribution in [0, 0.1) is 0 Å². The van der Waals surface area contributed by atoms with Crippen LogP contribution in [0.5, 0.6) is 0 Å². The van der Waals surface area contributed by atoms with Gasteiger partial charge in [0.1, 0.15) is 5.69 Å². The van der Waals surface area contributed by atoms with Crippen LogP contribution in [0.3, 0.4) is 0 Å². The van der Waals surface area contributed by atoms with E-state index in [0.29, 0.717) is 12.2 Å². The maximum atomic E-state index is 12.1. The molecule has 1 saturated heterocycles. The Morgan fingerprint density at radius 1 is 1.43 bits per heavy atom. The molecule has 1 unspecified atom stereocenters. The van der Waals surface area contributed by atoms with E-state index in [2.05, 4.69) is 20.2 Å². The zero-order valence-electron chi connectivity index (χ0n) is 12.1. The highest BCUT2D eigenvalue weighted by Gasteiger charge is 2.16. The van der Waals surface area contributed by atoms with Gasteiger partial charge >= 0.3 is 0 Å². The number of fused-ring (bicyclic) bond motifs is 1. The third-order valence-electron chi connectivity index (χ3n) is 3.61. The number of rotatable bonds is 4. The van der Waals surface area contributed by atoms with Crippen LogP contribution in [0.1, 0.15) is 5.69 Å². The number of ether oxygens (including phenoxy) is 1. The molecule has 1 aliphatic rings. The first kappa shape index (κ1) is 14.2. The molecule has 0 bridgehead atoms. The summed E-state index contributed by atoms with van der Waals surface area (Å²) >= 11 is 0. The van der Waals surface area contributed by atoms with Crippen molar-refractivity contribution in [2.24, 2.45) is 0 Å². The zero-order chi connectivity index (χ0) is 14.7. The molecule has 6 heteroatoms. The molecule has 2 N–H and O–H groups in total. The molecular formula is C15H20N4O2. The Labute approximate surface area is 123 Å². The third kappa shape index (κ3) is 3.47. The summed E-state index contributed by atoms with van der Waals surface area (Å²) in [6.07, 6.45) is 0.170. The summed E-state index contributed by atoms with van der Waals surface area (Å²) in [4.78, 5) is 21.5. The first-order valence-corrected chi connectivity index (χ1v) is 7.21. The molecule has 6 nitrogen and oxygen atoms in total. The van der Waals surface area contributed by atoms with Crippen molar-refractivity contribution in [3.63, 3.8) is 0 Å². The van der Waals surface area contributed by atoms with Gasteiger partial charge in [-0.25, -0.2) is 4.98 Å². The second-order valence-corrected chi connectivity index (χ2v) is 5.42. The molecule has 2 heterocycles.